The quantitative estimate of drug-likeness (QED) is 0.680. The first-order valence-electron chi connectivity index (χ1n) is 5.04. The zero-order valence-electron chi connectivity index (χ0n) is 8.58. The molecule has 0 aromatic heterocycles. The molecule has 0 radical (unpaired) electrons. The van der Waals surface area contributed by atoms with Crippen LogP contribution in [0.2, 0.25) is 0 Å². The number of hydrogen-bond acceptors (Lipinski definition) is 3. The molecule has 0 aliphatic carbocycles. The molecule has 0 saturated carbocycles. The van der Waals surface area contributed by atoms with Gasteiger partial charge in [0.05, 0.1) is 6.61 Å². The van der Waals surface area contributed by atoms with Gasteiger partial charge in [0.15, 0.2) is 6.29 Å². The molecule has 1 aliphatic rings. The van der Waals surface area contributed by atoms with Crippen molar-refractivity contribution in [3.05, 3.63) is 0 Å². The Hall–Kier alpha value is -0.120. The lowest BCUT2D eigenvalue weighted by Crippen LogP contribution is -2.33. The van der Waals surface area contributed by atoms with Crippen LogP contribution in [-0.4, -0.2) is 31.2 Å². The molecular formula is C10H20O3. The highest BCUT2D eigenvalue weighted by Gasteiger charge is 2.31. The highest BCUT2D eigenvalue weighted by molar-refractivity contribution is 4.78. The number of aliphatic hydroxyl groups excluding tert-OH is 1. The first-order valence-corrected chi connectivity index (χ1v) is 5.04. The molecule has 3 nitrogen and oxygen atoms in total. The first-order chi connectivity index (χ1) is 6.16. The van der Waals surface area contributed by atoms with E-state index in [1.165, 1.54) is 0 Å². The lowest BCUT2D eigenvalue weighted by Gasteiger charge is -2.36. The largest absolute Gasteiger partial charge is 0.382 e. The van der Waals surface area contributed by atoms with E-state index in [0.29, 0.717) is 6.61 Å². The minimum atomic E-state index is -0.569. The van der Waals surface area contributed by atoms with Crippen LogP contribution in [0, 0.1) is 5.41 Å². The summed E-state index contributed by atoms with van der Waals surface area (Å²) in [7, 11) is 0. The highest BCUT2D eigenvalue weighted by atomic mass is 16.6. The Morgan fingerprint density at radius 3 is 3.00 bits per heavy atom. The summed E-state index contributed by atoms with van der Waals surface area (Å²) in [6, 6.07) is 0. The number of rotatable bonds is 4. The Morgan fingerprint density at radius 2 is 2.38 bits per heavy atom. The summed E-state index contributed by atoms with van der Waals surface area (Å²) in [5, 5.41) is 9.34. The number of ether oxygens (including phenoxy) is 2. The average molecular weight is 188 g/mol. The van der Waals surface area contributed by atoms with Crippen LogP contribution >= 0.6 is 0 Å². The van der Waals surface area contributed by atoms with Gasteiger partial charge in [-0.2, -0.15) is 0 Å². The molecule has 78 valence electrons. The van der Waals surface area contributed by atoms with E-state index in [1.54, 1.807) is 0 Å². The van der Waals surface area contributed by atoms with Crippen LogP contribution in [-0.2, 0) is 9.47 Å². The summed E-state index contributed by atoms with van der Waals surface area (Å²) in [4.78, 5) is 0. The van der Waals surface area contributed by atoms with Crippen molar-refractivity contribution in [1.29, 1.82) is 0 Å². The fraction of sp³-hybridized carbons (Fsp3) is 1.00. The smallest absolute Gasteiger partial charge is 0.155 e. The molecule has 0 amide bonds. The molecule has 1 fully saturated rings. The minimum Gasteiger partial charge on any atom is -0.382 e. The van der Waals surface area contributed by atoms with Crippen LogP contribution in [0.3, 0.4) is 0 Å². The standard InChI is InChI=1S/C10H20O3/c1-3-12-6-4-10(2)5-7-13-9(11)8-10/h9,11H,3-8H2,1-2H3. The van der Waals surface area contributed by atoms with Gasteiger partial charge in [-0.3, -0.25) is 0 Å². The lowest BCUT2D eigenvalue weighted by molar-refractivity contribution is -0.160. The van der Waals surface area contributed by atoms with E-state index < -0.39 is 6.29 Å². The molecule has 2 atom stereocenters. The maximum absolute atomic E-state index is 9.34. The second-order valence-electron chi connectivity index (χ2n) is 4.04. The van der Waals surface area contributed by atoms with Crippen molar-refractivity contribution < 1.29 is 14.6 Å². The monoisotopic (exact) mass is 188 g/mol. The summed E-state index contributed by atoms with van der Waals surface area (Å²) < 4.78 is 10.4. The van der Waals surface area contributed by atoms with Crippen LogP contribution in [0.5, 0.6) is 0 Å². The Balaban J connectivity index is 2.27. The normalized spacial score (nSPS) is 34.8. The van der Waals surface area contributed by atoms with E-state index in [2.05, 4.69) is 6.92 Å². The third-order valence-corrected chi connectivity index (χ3v) is 2.74. The van der Waals surface area contributed by atoms with Crippen LogP contribution in [0.25, 0.3) is 0 Å². The summed E-state index contributed by atoms with van der Waals surface area (Å²) >= 11 is 0. The van der Waals surface area contributed by atoms with Gasteiger partial charge >= 0.3 is 0 Å². The van der Waals surface area contributed by atoms with Gasteiger partial charge in [-0.1, -0.05) is 6.92 Å². The summed E-state index contributed by atoms with van der Waals surface area (Å²) in [5.74, 6) is 0. The maximum Gasteiger partial charge on any atom is 0.155 e. The van der Waals surface area contributed by atoms with Gasteiger partial charge in [-0.15, -0.1) is 0 Å². The molecule has 0 aromatic rings. The lowest BCUT2D eigenvalue weighted by atomic mass is 9.79. The van der Waals surface area contributed by atoms with Gasteiger partial charge < -0.3 is 14.6 Å². The van der Waals surface area contributed by atoms with E-state index in [9.17, 15) is 5.11 Å². The second-order valence-corrected chi connectivity index (χ2v) is 4.04. The van der Waals surface area contributed by atoms with Gasteiger partial charge in [0.2, 0.25) is 0 Å². The van der Waals surface area contributed by atoms with Gasteiger partial charge in [0.1, 0.15) is 0 Å². The van der Waals surface area contributed by atoms with Crippen molar-refractivity contribution in [2.75, 3.05) is 19.8 Å². The molecule has 2 unspecified atom stereocenters. The summed E-state index contributed by atoms with van der Waals surface area (Å²) in [6.07, 6.45) is 2.21. The predicted octanol–water partition coefficient (Wildman–Crippen LogP) is 1.55. The van der Waals surface area contributed by atoms with Gasteiger partial charge in [0, 0.05) is 19.6 Å². The second kappa shape index (κ2) is 4.94. The summed E-state index contributed by atoms with van der Waals surface area (Å²) in [5.41, 5.74) is 0.201. The van der Waals surface area contributed by atoms with Gasteiger partial charge in [0.25, 0.3) is 0 Å². The van der Waals surface area contributed by atoms with Crippen molar-refractivity contribution in [1.82, 2.24) is 0 Å². The Kier molecular flexibility index (Phi) is 4.16. The molecule has 13 heavy (non-hydrogen) atoms. The Bertz CT molecular complexity index is 149. The Labute approximate surface area is 80.0 Å². The molecule has 0 bridgehead atoms. The first kappa shape index (κ1) is 11.0. The SMILES string of the molecule is CCOCCC1(C)CCOC(O)C1. The topological polar surface area (TPSA) is 38.7 Å². The average Bonchev–Trinajstić information content (AvgIpc) is 2.04. The van der Waals surface area contributed by atoms with Crippen LogP contribution in [0.15, 0.2) is 0 Å². The van der Waals surface area contributed by atoms with Gasteiger partial charge in [-0.25, -0.2) is 0 Å². The number of aliphatic hydroxyl groups is 1. The van der Waals surface area contributed by atoms with E-state index in [1.807, 2.05) is 6.92 Å². The molecule has 1 heterocycles. The molecular weight excluding hydrogens is 168 g/mol. The third kappa shape index (κ3) is 3.63. The molecule has 1 N–H and O–H groups in total. The van der Waals surface area contributed by atoms with E-state index in [4.69, 9.17) is 9.47 Å². The van der Waals surface area contributed by atoms with Crippen molar-refractivity contribution in [3.8, 4) is 0 Å². The fourth-order valence-electron chi connectivity index (χ4n) is 1.71. The van der Waals surface area contributed by atoms with E-state index >= 15 is 0 Å². The maximum atomic E-state index is 9.34. The van der Waals surface area contributed by atoms with Crippen molar-refractivity contribution >= 4 is 0 Å². The van der Waals surface area contributed by atoms with Crippen LogP contribution < -0.4 is 0 Å². The van der Waals surface area contributed by atoms with Crippen molar-refractivity contribution in [2.24, 2.45) is 5.41 Å². The van der Waals surface area contributed by atoms with Crippen LogP contribution in [0.4, 0.5) is 0 Å². The Morgan fingerprint density at radius 1 is 1.62 bits per heavy atom. The molecule has 0 aromatic carbocycles. The molecule has 1 saturated heterocycles. The molecule has 1 rings (SSSR count). The third-order valence-electron chi connectivity index (χ3n) is 2.74. The minimum absolute atomic E-state index is 0.201. The van der Waals surface area contributed by atoms with E-state index in [0.717, 1.165) is 32.5 Å². The van der Waals surface area contributed by atoms with E-state index in [-0.39, 0.29) is 5.41 Å². The number of hydrogen-bond donors (Lipinski definition) is 1. The summed E-state index contributed by atoms with van der Waals surface area (Å²) in [6.45, 7) is 6.43. The predicted molar refractivity (Wildman–Crippen MR) is 50.4 cm³/mol. The molecule has 3 heteroatoms. The fourth-order valence-corrected chi connectivity index (χ4v) is 1.71. The highest BCUT2D eigenvalue weighted by Crippen LogP contribution is 2.35. The van der Waals surface area contributed by atoms with Crippen LogP contribution in [0.1, 0.15) is 33.1 Å². The zero-order chi connectivity index (χ0) is 9.73. The van der Waals surface area contributed by atoms with Crippen molar-refractivity contribution in [2.45, 2.75) is 39.4 Å². The zero-order valence-corrected chi connectivity index (χ0v) is 8.58. The van der Waals surface area contributed by atoms with Gasteiger partial charge in [-0.05, 0) is 25.2 Å². The molecule has 1 aliphatic heterocycles. The molecule has 0 spiro atoms. The van der Waals surface area contributed by atoms with Crippen molar-refractivity contribution in [3.63, 3.8) is 0 Å².